The SMILES string of the molecule is CCN(CC)C(=O)CN(C)c1nc2ccccn2c1CN. The summed E-state index contributed by atoms with van der Waals surface area (Å²) in [5, 5.41) is 0. The van der Waals surface area contributed by atoms with Gasteiger partial charge in [0, 0.05) is 32.9 Å². The van der Waals surface area contributed by atoms with Gasteiger partial charge in [0.2, 0.25) is 5.91 Å². The Labute approximate surface area is 125 Å². The average Bonchev–Trinajstić information content (AvgIpc) is 2.87. The molecule has 0 aliphatic heterocycles. The van der Waals surface area contributed by atoms with Crippen LogP contribution < -0.4 is 10.6 Å². The van der Waals surface area contributed by atoms with E-state index in [1.807, 2.05) is 59.5 Å². The van der Waals surface area contributed by atoms with Crippen molar-refractivity contribution in [3.05, 3.63) is 30.1 Å². The molecule has 0 atom stereocenters. The smallest absolute Gasteiger partial charge is 0.242 e. The Kier molecular flexibility index (Phi) is 4.80. The van der Waals surface area contributed by atoms with Crippen molar-refractivity contribution in [1.82, 2.24) is 14.3 Å². The standard InChI is InChI=1S/C15H23N5O/c1-4-19(5-2)14(21)11-18(3)15-12(10-16)20-9-7-6-8-13(20)17-15/h6-9H,4-5,10-11,16H2,1-3H3. The summed E-state index contributed by atoms with van der Waals surface area (Å²) in [6.45, 7) is 6.09. The highest BCUT2D eigenvalue weighted by atomic mass is 16.2. The van der Waals surface area contributed by atoms with Crippen molar-refractivity contribution in [3.8, 4) is 0 Å². The number of amides is 1. The molecule has 0 bridgehead atoms. The Morgan fingerprint density at radius 3 is 2.67 bits per heavy atom. The predicted octanol–water partition coefficient (Wildman–Crippen LogP) is 1.10. The normalized spacial score (nSPS) is 10.9. The zero-order valence-corrected chi connectivity index (χ0v) is 12.9. The van der Waals surface area contributed by atoms with Crippen molar-refractivity contribution in [2.75, 3.05) is 31.6 Å². The number of nitrogens with two attached hydrogens (primary N) is 1. The van der Waals surface area contributed by atoms with E-state index < -0.39 is 0 Å². The number of likely N-dealkylation sites (N-methyl/N-ethyl adjacent to an activating group) is 2. The predicted molar refractivity (Wildman–Crippen MR) is 84.3 cm³/mol. The highest BCUT2D eigenvalue weighted by Crippen LogP contribution is 2.20. The zero-order valence-electron chi connectivity index (χ0n) is 12.9. The minimum Gasteiger partial charge on any atom is -0.349 e. The minimum atomic E-state index is 0.0996. The molecular weight excluding hydrogens is 266 g/mol. The number of rotatable bonds is 6. The fraction of sp³-hybridized carbons (Fsp3) is 0.467. The lowest BCUT2D eigenvalue weighted by molar-refractivity contribution is -0.129. The first-order chi connectivity index (χ1) is 10.1. The molecule has 0 radical (unpaired) electrons. The molecule has 2 heterocycles. The van der Waals surface area contributed by atoms with Gasteiger partial charge < -0.3 is 19.9 Å². The molecule has 0 aliphatic carbocycles. The number of hydrogen-bond acceptors (Lipinski definition) is 4. The van der Waals surface area contributed by atoms with Gasteiger partial charge in [0.05, 0.1) is 12.2 Å². The number of aromatic nitrogens is 2. The number of imidazole rings is 1. The average molecular weight is 289 g/mol. The van der Waals surface area contributed by atoms with E-state index in [0.29, 0.717) is 13.1 Å². The van der Waals surface area contributed by atoms with Crippen molar-refractivity contribution in [1.29, 1.82) is 0 Å². The number of nitrogens with zero attached hydrogens (tertiary/aromatic N) is 4. The maximum atomic E-state index is 12.2. The second kappa shape index (κ2) is 6.58. The summed E-state index contributed by atoms with van der Waals surface area (Å²) in [7, 11) is 1.88. The van der Waals surface area contributed by atoms with E-state index in [4.69, 9.17) is 5.73 Å². The molecule has 2 aromatic rings. The maximum absolute atomic E-state index is 12.2. The van der Waals surface area contributed by atoms with Gasteiger partial charge in [-0.15, -0.1) is 0 Å². The van der Waals surface area contributed by atoms with Crippen molar-refractivity contribution in [2.45, 2.75) is 20.4 Å². The van der Waals surface area contributed by atoms with Gasteiger partial charge in [-0.1, -0.05) is 6.07 Å². The van der Waals surface area contributed by atoms with Gasteiger partial charge >= 0.3 is 0 Å². The van der Waals surface area contributed by atoms with E-state index in [1.54, 1.807) is 0 Å². The van der Waals surface area contributed by atoms with Crippen LogP contribution in [0.15, 0.2) is 24.4 Å². The maximum Gasteiger partial charge on any atom is 0.242 e. The van der Waals surface area contributed by atoms with Crippen LogP contribution in [-0.4, -0.2) is 46.9 Å². The lowest BCUT2D eigenvalue weighted by Crippen LogP contribution is -2.39. The lowest BCUT2D eigenvalue weighted by atomic mass is 10.3. The summed E-state index contributed by atoms with van der Waals surface area (Å²) < 4.78 is 1.97. The van der Waals surface area contributed by atoms with E-state index >= 15 is 0 Å². The first-order valence-electron chi connectivity index (χ1n) is 7.27. The zero-order chi connectivity index (χ0) is 15.4. The molecule has 6 nitrogen and oxygen atoms in total. The molecule has 0 saturated heterocycles. The van der Waals surface area contributed by atoms with Gasteiger partial charge in [0.1, 0.15) is 5.65 Å². The molecular formula is C15H23N5O. The van der Waals surface area contributed by atoms with Crippen LogP contribution in [0.2, 0.25) is 0 Å². The fourth-order valence-electron chi connectivity index (χ4n) is 2.48. The third-order valence-corrected chi connectivity index (χ3v) is 3.65. The van der Waals surface area contributed by atoms with Gasteiger partial charge in [-0.05, 0) is 26.0 Å². The van der Waals surface area contributed by atoms with Crippen LogP contribution in [0.1, 0.15) is 19.5 Å². The molecule has 0 spiro atoms. The van der Waals surface area contributed by atoms with Gasteiger partial charge in [-0.2, -0.15) is 0 Å². The van der Waals surface area contributed by atoms with Crippen molar-refractivity contribution >= 4 is 17.4 Å². The molecule has 6 heteroatoms. The fourth-order valence-corrected chi connectivity index (χ4v) is 2.48. The highest BCUT2D eigenvalue weighted by Gasteiger charge is 2.18. The molecule has 2 rings (SSSR count). The molecule has 0 aromatic carbocycles. The first kappa shape index (κ1) is 15.3. The van der Waals surface area contributed by atoms with Gasteiger partial charge in [0.15, 0.2) is 5.82 Å². The Morgan fingerprint density at radius 1 is 1.33 bits per heavy atom. The molecule has 2 aromatic heterocycles. The third kappa shape index (κ3) is 3.00. The Morgan fingerprint density at radius 2 is 2.05 bits per heavy atom. The van der Waals surface area contributed by atoms with E-state index in [0.717, 1.165) is 30.2 Å². The summed E-state index contributed by atoms with van der Waals surface area (Å²) in [6.07, 6.45) is 1.94. The van der Waals surface area contributed by atoms with Crippen LogP contribution in [0.25, 0.3) is 5.65 Å². The molecule has 1 amide bonds. The topological polar surface area (TPSA) is 66.9 Å². The quantitative estimate of drug-likeness (QED) is 0.864. The van der Waals surface area contributed by atoms with Crippen molar-refractivity contribution in [3.63, 3.8) is 0 Å². The number of fused-ring (bicyclic) bond motifs is 1. The Hall–Kier alpha value is -2.08. The summed E-state index contributed by atoms with van der Waals surface area (Å²) in [5.74, 6) is 0.867. The van der Waals surface area contributed by atoms with Crippen molar-refractivity contribution < 1.29 is 4.79 Å². The van der Waals surface area contributed by atoms with E-state index in [-0.39, 0.29) is 5.91 Å². The lowest BCUT2D eigenvalue weighted by Gasteiger charge is -2.23. The number of carbonyl (C=O) groups is 1. The first-order valence-corrected chi connectivity index (χ1v) is 7.27. The summed E-state index contributed by atoms with van der Waals surface area (Å²) in [6, 6.07) is 5.81. The van der Waals surface area contributed by atoms with E-state index in [2.05, 4.69) is 4.98 Å². The van der Waals surface area contributed by atoms with Crippen LogP contribution >= 0.6 is 0 Å². The number of carbonyl (C=O) groups excluding carboxylic acids is 1. The largest absolute Gasteiger partial charge is 0.349 e. The van der Waals surface area contributed by atoms with E-state index in [1.165, 1.54) is 0 Å². The monoisotopic (exact) mass is 289 g/mol. The van der Waals surface area contributed by atoms with Crippen LogP contribution in [0.4, 0.5) is 5.82 Å². The van der Waals surface area contributed by atoms with Gasteiger partial charge in [-0.25, -0.2) is 4.98 Å². The van der Waals surface area contributed by atoms with E-state index in [9.17, 15) is 4.79 Å². The Balaban J connectivity index is 2.27. The Bertz CT molecular complexity index is 618. The second-order valence-electron chi connectivity index (χ2n) is 4.94. The van der Waals surface area contributed by atoms with Crippen LogP contribution in [0.5, 0.6) is 0 Å². The van der Waals surface area contributed by atoms with Gasteiger partial charge in [0.25, 0.3) is 0 Å². The molecule has 0 unspecified atom stereocenters. The highest BCUT2D eigenvalue weighted by molar-refractivity contribution is 5.81. The van der Waals surface area contributed by atoms with Crippen LogP contribution in [-0.2, 0) is 11.3 Å². The number of hydrogen-bond donors (Lipinski definition) is 1. The van der Waals surface area contributed by atoms with Crippen molar-refractivity contribution in [2.24, 2.45) is 5.73 Å². The summed E-state index contributed by atoms with van der Waals surface area (Å²) in [4.78, 5) is 20.5. The second-order valence-corrected chi connectivity index (χ2v) is 4.94. The minimum absolute atomic E-state index is 0.0996. The van der Waals surface area contributed by atoms with Crippen LogP contribution in [0, 0.1) is 0 Å². The molecule has 21 heavy (non-hydrogen) atoms. The molecule has 0 fully saturated rings. The molecule has 114 valence electrons. The third-order valence-electron chi connectivity index (χ3n) is 3.65. The van der Waals surface area contributed by atoms with Crippen LogP contribution in [0.3, 0.4) is 0 Å². The number of pyridine rings is 1. The van der Waals surface area contributed by atoms with Gasteiger partial charge in [-0.3, -0.25) is 4.79 Å². The molecule has 0 aliphatic rings. The molecule has 0 saturated carbocycles. The molecule has 2 N–H and O–H groups in total. The summed E-state index contributed by atoms with van der Waals surface area (Å²) >= 11 is 0. The number of anilines is 1. The summed E-state index contributed by atoms with van der Waals surface area (Å²) in [5.41, 5.74) is 7.62.